The molecular weight excluding hydrogens is 323 g/mol. The van der Waals surface area contributed by atoms with Crippen molar-refractivity contribution in [1.82, 2.24) is 10.2 Å². The summed E-state index contributed by atoms with van der Waals surface area (Å²) in [6.07, 6.45) is -4.09. The van der Waals surface area contributed by atoms with Crippen molar-refractivity contribution in [2.45, 2.75) is 25.7 Å². The molecule has 2 heterocycles. The number of piperazine rings is 1. The lowest BCUT2D eigenvalue weighted by Gasteiger charge is -2.32. The lowest BCUT2D eigenvalue weighted by Crippen LogP contribution is -2.52. The molecule has 0 saturated carbocycles. The third kappa shape index (κ3) is 3.99. The number of alkyl halides is 3. The van der Waals surface area contributed by atoms with Crippen LogP contribution < -0.4 is 15.0 Å². The lowest BCUT2D eigenvalue weighted by molar-refractivity contribution is -0.274. The summed E-state index contributed by atoms with van der Waals surface area (Å²) in [5.41, 5.74) is 1.39. The van der Waals surface area contributed by atoms with E-state index in [1.165, 1.54) is 12.1 Å². The number of carbonyl (C=O) groups is 1. The molecule has 0 aliphatic carbocycles. The molecule has 0 bridgehead atoms. The van der Waals surface area contributed by atoms with Crippen LogP contribution in [0, 0.1) is 0 Å². The van der Waals surface area contributed by atoms with Gasteiger partial charge in [-0.05, 0) is 25.0 Å². The second-order valence-electron chi connectivity index (χ2n) is 6.22. The van der Waals surface area contributed by atoms with E-state index in [4.69, 9.17) is 0 Å². The molecule has 1 amide bonds. The van der Waals surface area contributed by atoms with Crippen LogP contribution in [0.25, 0.3) is 0 Å². The zero-order valence-electron chi connectivity index (χ0n) is 13.4. The van der Waals surface area contributed by atoms with Gasteiger partial charge in [0.05, 0.1) is 12.2 Å². The number of fused-ring (bicyclic) bond motifs is 1. The van der Waals surface area contributed by atoms with Gasteiger partial charge >= 0.3 is 6.36 Å². The highest BCUT2D eigenvalue weighted by Crippen LogP contribution is 2.34. The van der Waals surface area contributed by atoms with Crippen LogP contribution >= 0.6 is 0 Å². The van der Waals surface area contributed by atoms with E-state index < -0.39 is 6.36 Å². The highest BCUT2D eigenvalue weighted by atomic mass is 19.4. The van der Waals surface area contributed by atoms with Crippen molar-refractivity contribution in [1.29, 1.82) is 0 Å². The smallest absolute Gasteiger partial charge is 0.406 e. The van der Waals surface area contributed by atoms with E-state index in [0.717, 1.165) is 25.2 Å². The summed E-state index contributed by atoms with van der Waals surface area (Å²) >= 11 is 0. The van der Waals surface area contributed by atoms with Gasteiger partial charge in [-0.3, -0.25) is 9.69 Å². The van der Waals surface area contributed by atoms with E-state index in [1.54, 1.807) is 11.0 Å². The molecule has 0 spiro atoms. The third-order valence-corrected chi connectivity index (χ3v) is 4.30. The number of anilines is 1. The molecular formula is C16H20F3N3O2. The number of benzene rings is 1. The Balaban J connectivity index is 1.70. The molecule has 0 aromatic heterocycles. The molecule has 2 aliphatic rings. The molecule has 2 aliphatic heterocycles. The Hall–Kier alpha value is -1.80. The summed E-state index contributed by atoms with van der Waals surface area (Å²) in [6, 6.07) is 4.51. The second kappa shape index (κ2) is 6.60. The monoisotopic (exact) mass is 343 g/mol. The van der Waals surface area contributed by atoms with Crippen LogP contribution in [-0.4, -0.2) is 55.9 Å². The molecule has 1 N–H and O–H groups in total. The van der Waals surface area contributed by atoms with E-state index in [2.05, 4.69) is 21.9 Å². The SMILES string of the molecule is C[C@@H]1CN(CC(=O)N2CCc3ccc(OC(F)(F)F)cc32)CCN1. The van der Waals surface area contributed by atoms with Gasteiger partial charge in [0.15, 0.2) is 0 Å². The van der Waals surface area contributed by atoms with Crippen molar-refractivity contribution < 1.29 is 22.7 Å². The maximum absolute atomic E-state index is 12.6. The Morgan fingerprint density at radius 3 is 2.88 bits per heavy atom. The topological polar surface area (TPSA) is 44.8 Å². The first kappa shape index (κ1) is 17.0. The predicted octanol–water partition coefficient (Wildman–Crippen LogP) is 1.77. The number of amides is 1. The number of rotatable bonds is 3. The number of ether oxygens (including phenoxy) is 1. The van der Waals surface area contributed by atoms with Crippen LogP contribution in [0.3, 0.4) is 0 Å². The highest BCUT2D eigenvalue weighted by molar-refractivity contribution is 5.97. The number of nitrogens with zero attached hydrogens (tertiary/aromatic N) is 2. The fraction of sp³-hybridized carbons (Fsp3) is 0.562. The Morgan fingerprint density at radius 1 is 1.38 bits per heavy atom. The minimum Gasteiger partial charge on any atom is -0.406 e. The van der Waals surface area contributed by atoms with Crippen LogP contribution in [0.15, 0.2) is 18.2 Å². The maximum Gasteiger partial charge on any atom is 0.573 e. The van der Waals surface area contributed by atoms with Crippen molar-refractivity contribution >= 4 is 11.6 Å². The molecule has 5 nitrogen and oxygen atoms in total. The summed E-state index contributed by atoms with van der Waals surface area (Å²) in [5.74, 6) is -0.385. The normalized spacial score (nSPS) is 21.7. The van der Waals surface area contributed by atoms with Crippen LogP contribution in [-0.2, 0) is 11.2 Å². The van der Waals surface area contributed by atoms with E-state index in [9.17, 15) is 18.0 Å². The number of carbonyl (C=O) groups excluding carboxylic acids is 1. The highest BCUT2D eigenvalue weighted by Gasteiger charge is 2.33. The Labute approximate surface area is 138 Å². The average molecular weight is 343 g/mol. The number of hydrogen-bond donors (Lipinski definition) is 1. The van der Waals surface area contributed by atoms with Gasteiger partial charge in [0, 0.05) is 38.3 Å². The van der Waals surface area contributed by atoms with E-state index >= 15 is 0 Å². The van der Waals surface area contributed by atoms with E-state index in [0.29, 0.717) is 24.7 Å². The molecule has 1 aromatic carbocycles. The Bertz CT molecular complexity index is 621. The second-order valence-corrected chi connectivity index (χ2v) is 6.22. The van der Waals surface area contributed by atoms with Gasteiger partial charge in [-0.1, -0.05) is 6.07 Å². The first-order valence-electron chi connectivity index (χ1n) is 7.96. The summed E-state index contributed by atoms with van der Waals surface area (Å²) in [6.45, 7) is 5.22. The number of halogens is 3. The van der Waals surface area contributed by atoms with Gasteiger partial charge in [0.2, 0.25) is 5.91 Å². The van der Waals surface area contributed by atoms with Crippen LogP contribution in [0.1, 0.15) is 12.5 Å². The van der Waals surface area contributed by atoms with Crippen molar-refractivity contribution in [3.05, 3.63) is 23.8 Å². The largest absolute Gasteiger partial charge is 0.573 e. The summed E-state index contributed by atoms with van der Waals surface area (Å²) in [5, 5.41) is 3.31. The first-order chi connectivity index (χ1) is 11.3. The summed E-state index contributed by atoms with van der Waals surface area (Å²) in [7, 11) is 0. The number of hydrogen-bond acceptors (Lipinski definition) is 4. The fourth-order valence-electron chi connectivity index (χ4n) is 3.25. The van der Waals surface area contributed by atoms with Crippen molar-refractivity contribution in [2.24, 2.45) is 0 Å². The minimum atomic E-state index is -4.74. The lowest BCUT2D eigenvalue weighted by atomic mass is 10.1. The molecule has 0 unspecified atom stereocenters. The molecule has 132 valence electrons. The zero-order chi connectivity index (χ0) is 17.3. The maximum atomic E-state index is 12.6. The number of nitrogens with one attached hydrogen (secondary N) is 1. The molecule has 1 atom stereocenters. The molecule has 0 radical (unpaired) electrons. The first-order valence-corrected chi connectivity index (χ1v) is 7.96. The molecule has 24 heavy (non-hydrogen) atoms. The summed E-state index contributed by atoms with van der Waals surface area (Å²) < 4.78 is 41.1. The van der Waals surface area contributed by atoms with Gasteiger partial charge in [-0.25, -0.2) is 0 Å². The fourth-order valence-corrected chi connectivity index (χ4v) is 3.25. The van der Waals surface area contributed by atoms with E-state index in [1.807, 2.05) is 0 Å². The minimum absolute atomic E-state index is 0.0907. The molecule has 8 heteroatoms. The van der Waals surface area contributed by atoms with Crippen LogP contribution in [0.5, 0.6) is 5.75 Å². The third-order valence-electron chi connectivity index (χ3n) is 4.30. The molecule has 1 saturated heterocycles. The van der Waals surface area contributed by atoms with Crippen LogP contribution in [0.4, 0.5) is 18.9 Å². The Morgan fingerprint density at radius 2 is 2.17 bits per heavy atom. The molecule has 1 fully saturated rings. The average Bonchev–Trinajstić information content (AvgIpc) is 2.88. The van der Waals surface area contributed by atoms with Crippen LogP contribution in [0.2, 0.25) is 0 Å². The van der Waals surface area contributed by atoms with Gasteiger partial charge in [0.25, 0.3) is 0 Å². The van der Waals surface area contributed by atoms with Crippen molar-refractivity contribution in [3.8, 4) is 5.75 Å². The molecule has 1 aromatic rings. The Kier molecular flexibility index (Phi) is 4.69. The van der Waals surface area contributed by atoms with Gasteiger partial charge in [0.1, 0.15) is 5.75 Å². The zero-order valence-corrected chi connectivity index (χ0v) is 13.4. The van der Waals surface area contributed by atoms with Crippen molar-refractivity contribution in [3.63, 3.8) is 0 Å². The molecule has 3 rings (SSSR count). The van der Waals surface area contributed by atoms with Gasteiger partial charge < -0.3 is 15.0 Å². The quantitative estimate of drug-likeness (QED) is 0.909. The summed E-state index contributed by atoms with van der Waals surface area (Å²) in [4.78, 5) is 16.2. The van der Waals surface area contributed by atoms with Crippen molar-refractivity contribution in [2.75, 3.05) is 37.6 Å². The predicted molar refractivity (Wildman–Crippen MR) is 83.1 cm³/mol. The van der Waals surface area contributed by atoms with Gasteiger partial charge in [-0.15, -0.1) is 13.2 Å². The standard InChI is InChI=1S/C16H20F3N3O2/c1-11-9-21(7-5-20-11)10-15(23)22-6-4-12-2-3-13(8-14(12)22)24-16(17,18)19/h2-3,8,11,20H,4-7,9-10H2,1H3/t11-/m1/s1. The van der Waals surface area contributed by atoms with Gasteiger partial charge in [-0.2, -0.15) is 0 Å². The van der Waals surface area contributed by atoms with E-state index in [-0.39, 0.29) is 18.2 Å².